The average Bonchev–Trinajstić information content (AvgIpc) is 2.67. The van der Waals surface area contributed by atoms with Crippen molar-refractivity contribution in [2.45, 2.75) is 25.3 Å². The summed E-state index contributed by atoms with van der Waals surface area (Å²) in [5, 5.41) is 2.88. The number of carbonyl (C=O) groups excluding carboxylic acids is 1. The van der Waals surface area contributed by atoms with Gasteiger partial charge in [-0.05, 0) is 55.3 Å². The molecular formula is C22H22N2O3S. The molecule has 2 N–H and O–H groups in total. The van der Waals surface area contributed by atoms with Crippen molar-refractivity contribution in [3.63, 3.8) is 0 Å². The Kier molecular flexibility index (Phi) is 5.80. The van der Waals surface area contributed by atoms with E-state index >= 15 is 0 Å². The van der Waals surface area contributed by atoms with E-state index in [-0.39, 0.29) is 10.8 Å². The fourth-order valence-electron chi connectivity index (χ4n) is 2.86. The Morgan fingerprint density at radius 3 is 2.36 bits per heavy atom. The zero-order chi connectivity index (χ0) is 20.1. The van der Waals surface area contributed by atoms with E-state index < -0.39 is 10.0 Å². The topological polar surface area (TPSA) is 75.3 Å². The minimum absolute atomic E-state index is 0.166. The first-order chi connectivity index (χ1) is 13.3. The van der Waals surface area contributed by atoms with Crippen LogP contribution in [-0.2, 0) is 16.6 Å². The van der Waals surface area contributed by atoms with Gasteiger partial charge in [0, 0.05) is 17.8 Å². The fourth-order valence-corrected chi connectivity index (χ4v) is 3.93. The summed E-state index contributed by atoms with van der Waals surface area (Å²) < 4.78 is 27.4. The third kappa shape index (κ3) is 4.78. The maximum absolute atomic E-state index is 12.5. The summed E-state index contributed by atoms with van der Waals surface area (Å²) in [5.41, 5.74) is 4.05. The van der Waals surface area contributed by atoms with Gasteiger partial charge in [-0.3, -0.25) is 9.52 Å². The van der Waals surface area contributed by atoms with Gasteiger partial charge < -0.3 is 5.32 Å². The Hall–Kier alpha value is -3.12. The van der Waals surface area contributed by atoms with Crippen LogP contribution in [-0.4, -0.2) is 14.3 Å². The first kappa shape index (κ1) is 19.6. The fraction of sp³-hybridized carbons (Fsp3) is 0.136. The Balaban J connectivity index is 1.71. The van der Waals surface area contributed by atoms with E-state index in [0.717, 1.165) is 11.1 Å². The SMILES string of the molecule is Cc1ccc(CNC(=O)c2cccc(NS(=O)(=O)c3ccccc3)c2)c(C)c1. The molecule has 0 heterocycles. The average molecular weight is 394 g/mol. The van der Waals surface area contributed by atoms with E-state index in [1.54, 1.807) is 36.4 Å². The summed E-state index contributed by atoms with van der Waals surface area (Å²) >= 11 is 0. The van der Waals surface area contributed by atoms with Crippen LogP contribution >= 0.6 is 0 Å². The number of hydrogen-bond acceptors (Lipinski definition) is 3. The van der Waals surface area contributed by atoms with Gasteiger partial charge in [0.2, 0.25) is 0 Å². The molecule has 0 saturated heterocycles. The van der Waals surface area contributed by atoms with Gasteiger partial charge in [0.25, 0.3) is 15.9 Å². The van der Waals surface area contributed by atoms with E-state index in [2.05, 4.69) is 16.1 Å². The molecule has 0 radical (unpaired) electrons. The largest absolute Gasteiger partial charge is 0.348 e. The van der Waals surface area contributed by atoms with Crippen LogP contribution < -0.4 is 10.0 Å². The van der Waals surface area contributed by atoms with Crippen LogP contribution in [0.4, 0.5) is 5.69 Å². The maximum atomic E-state index is 12.5. The Labute approximate surface area is 165 Å². The lowest BCUT2D eigenvalue weighted by atomic mass is 10.1. The first-order valence-corrected chi connectivity index (χ1v) is 10.4. The Morgan fingerprint density at radius 2 is 1.64 bits per heavy atom. The van der Waals surface area contributed by atoms with E-state index in [4.69, 9.17) is 0 Å². The summed E-state index contributed by atoms with van der Waals surface area (Å²) in [5.74, 6) is -0.263. The lowest BCUT2D eigenvalue weighted by Crippen LogP contribution is -2.23. The van der Waals surface area contributed by atoms with Crippen LogP contribution in [0.25, 0.3) is 0 Å². The van der Waals surface area contributed by atoms with Crippen LogP contribution in [0.3, 0.4) is 0 Å². The van der Waals surface area contributed by atoms with Crippen LogP contribution in [0.5, 0.6) is 0 Å². The molecule has 0 fully saturated rings. The molecule has 144 valence electrons. The molecule has 5 nitrogen and oxygen atoms in total. The van der Waals surface area contributed by atoms with Crippen molar-refractivity contribution in [2.24, 2.45) is 0 Å². The molecule has 0 atom stereocenters. The second kappa shape index (κ2) is 8.27. The molecule has 0 bridgehead atoms. The zero-order valence-electron chi connectivity index (χ0n) is 15.8. The molecule has 0 spiro atoms. The van der Waals surface area contributed by atoms with E-state index in [1.165, 1.54) is 23.8 Å². The molecule has 6 heteroatoms. The molecule has 3 rings (SSSR count). The van der Waals surface area contributed by atoms with Gasteiger partial charge in [-0.2, -0.15) is 0 Å². The van der Waals surface area contributed by atoms with Crippen LogP contribution in [0, 0.1) is 13.8 Å². The lowest BCUT2D eigenvalue weighted by molar-refractivity contribution is 0.0951. The van der Waals surface area contributed by atoms with Gasteiger partial charge >= 0.3 is 0 Å². The Morgan fingerprint density at radius 1 is 0.893 bits per heavy atom. The molecule has 1 amide bonds. The molecule has 0 aliphatic carbocycles. The van der Waals surface area contributed by atoms with E-state index in [9.17, 15) is 13.2 Å². The number of sulfonamides is 1. The van der Waals surface area contributed by atoms with Crippen molar-refractivity contribution in [1.29, 1.82) is 0 Å². The third-order valence-corrected chi connectivity index (χ3v) is 5.77. The molecule has 3 aromatic rings. The second-order valence-electron chi connectivity index (χ2n) is 6.61. The number of hydrogen-bond donors (Lipinski definition) is 2. The molecule has 28 heavy (non-hydrogen) atoms. The quantitative estimate of drug-likeness (QED) is 0.663. The number of aryl methyl sites for hydroxylation is 2. The monoisotopic (exact) mass is 394 g/mol. The number of rotatable bonds is 6. The second-order valence-corrected chi connectivity index (χ2v) is 8.29. The van der Waals surface area contributed by atoms with Gasteiger partial charge in [-0.15, -0.1) is 0 Å². The number of amides is 1. The number of nitrogens with one attached hydrogen (secondary N) is 2. The van der Waals surface area contributed by atoms with Crippen molar-refractivity contribution in [3.05, 3.63) is 95.1 Å². The standard InChI is InChI=1S/C22H22N2O3S/c1-16-11-12-19(17(2)13-16)15-23-22(25)18-7-6-8-20(14-18)24-28(26,27)21-9-4-3-5-10-21/h3-14,24H,15H2,1-2H3,(H,23,25). The summed E-state index contributed by atoms with van der Waals surface area (Å²) in [7, 11) is -3.70. The molecule has 0 unspecified atom stereocenters. The highest BCUT2D eigenvalue weighted by atomic mass is 32.2. The minimum atomic E-state index is -3.70. The number of benzene rings is 3. The number of carbonyl (C=O) groups is 1. The highest BCUT2D eigenvalue weighted by Gasteiger charge is 2.14. The summed E-state index contributed by atoms with van der Waals surface area (Å²) in [6, 6.07) is 20.6. The Bertz CT molecular complexity index is 1090. The third-order valence-electron chi connectivity index (χ3n) is 4.37. The minimum Gasteiger partial charge on any atom is -0.348 e. The predicted octanol–water partition coefficient (Wildman–Crippen LogP) is 4.03. The predicted molar refractivity (Wildman–Crippen MR) is 111 cm³/mol. The molecule has 0 aliphatic rings. The summed E-state index contributed by atoms with van der Waals surface area (Å²) in [6.07, 6.45) is 0. The highest BCUT2D eigenvalue weighted by molar-refractivity contribution is 7.92. The normalized spacial score (nSPS) is 11.1. The number of anilines is 1. The van der Waals surface area contributed by atoms with Crippen molar-refractivity contribution in [3.8, 4) is 0 Å². The van der Waals surface area contributed by atoms with Gasteiger partial charge in [0.15, 0.2) is 0 Å². The smallest absolute Gasteiger partial charge is 0.261 e. The van der Waals surface area contributed by atoms with Gasteiger partial charge in [-0.25, -0.2) is 8.42 Å². The molecule has 3 aromatic carbocycles. The zero-order valence-corrected chi connectivity index (χ0v) is 16.6. The first-order valence-electron chi connectivity index (χ1n) is 8.87. The van der Waals surface area contributed by atoms with Gasteiger partial charge in [-0.1, -0.05) is 48.0 Å². The highest BCUT2D eigenvalue weighted by Crippen LogP contribution is 2.17. The summed E-state index contributed by atoms with van der Waals surface area (Å²) in [4.78, 5) is 12.7. The maximum Gasteiger partial charge on any atom is 0.261 e. The van der Waals surface area contributed by atoms with Crippen molar-refractivity contribution in [2.75, 3.05) is 4.72 Å². The lowest BCUT2D eigenvalue weighted by Gasteiger charge is -2.11. The van der Waals surface area contributed by atoms with Crippen molar-refractivity contribution < 1.29 is 13.2 Å². The van der Waals surface area contributed by atoms with E-state index in [0.29, 0.717) is 17.8 Å². The molecule has 0 saturated carbocycles. The van der Waals surface area contributed by atoms with Gasteiger partial charge in [0.05, 0.1) is 4.90 Å². The van der Waals surface area contributed by atoms with Crippen LogP contribution in [0.2, 0.25) is 0 Å². The summed E-state index contributed by atoms with van der Waals surface area (Å²) in [6.45, 7) is 4.44. The van der Waals surface area contributed by atoms with Crippen LogP contribution in [0.15, 0.2) is 77.7 Å². The van der Waals surface area contributed by atoms with Crippen molar-refractivity contribution in [1.82, 2.24) is 5.32 Å². The molecule has 0 aromatic heterocycles. The van der Waals surface area contributed by atoms with Crippen LogP contribution in [0.1, 0.15) is 27.0 Å². The van der Waals surface area contributed by atoms with E-state index in [1.807, 2.05) is 26.0 Å². The van der Waals surface area contributed by atoms with Gasteiger partial charge in [0.1, 0.15) is 0 Å². The van der Waals surface area contributed by atoms with Crippen molar-refractivity contribution >= 4 is 21.6 Å². The molecule has 0 aliphatic heterocycles. The molecular weight excluding hydrogens is 372 g/mol.